The summed E-state index contributed by atoms with van der Waals surface area (Å²) in [7, 11) is 0. The van der Waals surface area contributed by atoms with Gasteiger partial charge in [0.2, 0.25) is 0 Å². The first-order valence-electron chi connectivity index (χ1n) is 7.47. The molecule has 108 valence electrons. The lowest BCUT2D eigenvalue weighted by Gasteiger charge is -2.41. The average molecular weight is 261 g/mol. The third kappa shape index (κ3) is 2.70. The monoisotopic (exact) mass is 261 g/mol. The van der Waals surface area contributed by atoms with E-state index >= 15 is 0 Å². The summed E-state index contributed by atoms with van der Waals surface area (Å²) >= 11 is 0. The highest BCUT2D eigenvalue weighted by Crippen LogP contribution is 2.51. The van der Waals surface area contributed by atoms with Crippen LogP contribution >= 0.6 is 0 Å². The Morgan fingerprint density at radius 2 is 1.84 bits per heavy atom. The van der Waals surface area contributed by atoms with Crippen LogP contribution in [0.2, 0.25) is 0 Å². The van der Waals surface area contributed by atoms with E-state index in [-0.39, 0.29) is 10.8 Å². The van der Waals surface area contributed by atoms with Gasteiger partial charge in [-0.15, -0.1) is 0 Å². The van der Waals surface area contributed by atoms with Crippen LogP contribution in [0.25, 0.3) is 0 Å². The molecule has 0 aromatic rings. The second-order valence-corrected chi connectivity index (χ2v) is 7.21. The highest BCUT2D eigenvalue weighted by atomic mass is 14.9. The second kappa shape index (κ2) is 5.26. The van der Waals surface area contributed by atoms with Crippen molar-refractivity contribution in [3.8, 4) is 0 Å². The Morgan fingerprint density at radius 1 is 1.32 bits per heavy atom. The van der Waals surface area contributed by atoms with Gasteiger partial charge in [-0.3, -0.25) is 4.99 Å². The van der Waals surface area contributed by atoms with Crippen LogP contribution in [0.15, 0.2) is 28.8 Å². The molecule has 2 atom stereocenters. The zero-order valence-electron chi connectivity index (χ0n) is 14.1. The molecule has 1 aliphatic rings. The summed E-state index contributed by atoms with van der Waals surface area (Å²) in [6.07, 6.45) is 3.40. The van der Waals surface area contributed by atoms with Crippen LogP contribution in [0, 0.1) is 16.7 Å². The number of allylic oxidation sites excluding steroid dienone is 2. The third-order valence-electron chi connectivity index (χ3n) is 5.39. The number of aliphatic imine (C=N–C) groups is 1. The van der Waals surface area contributed by atoms with E-state index in [1.54, 1.807) is 0 Å². The molecule has 0 aromatic carbocycles. The number of nitrogens with zero attached hydrogens (tertiary/aromatic N) is 1. The molecule has 0 bridgehead atoms. The van der Waals surface area contributed by atoms with Crippen LogP contribution in [0.4, 0.5) is 0 Å². The average Bonchev–Trinajstić information content (AvgIpc) is 2.45. The van der Waals surface area contributed by atoms with Gasteiger partial charge in [-0.25, -0.2) is 0 Å². The summed E-state index contributed by atoms with van der Waals surface area (Å²) in [4.78, 5) is 5.07. The SMILES string of the molecule is C=C(C)/C(C)=C/C(C)C1N=C(CC)C(C)(C)C1(C)C. The zero-order chi connectivity index (χ0) is 15.0. The van der Waals surface area contributed by atoms with Gasteiger partial charge >= 0.3 is 0 Å². The minimum Gasteiger partial charge on any atom is -0.289 e. The number of rotatable bonds is 4. The molecule has 1 nitrogen and oxygen atoms in total. The smallest absolute Gasteiger partial charge is 0.0618 e. The summed E-state index contributed by atoms with van der Waals surface area (Å²) in [6, 6.07) is 0.367. The van der Waals surface area contributed by atoms with E-state index in [1.165, 1.54) is 11.3 Å². The normalized spacial score (nSPS) is 27.1. The van der Waals surface area contributed by atoms with Crippen molar-refractivity contribution in [3.63, 3.8) is 0 Å². The Labute approximate surface area is 119 Å². The second-order valence-electron chi connectivity index (χ2n) is 7.21. The van der Waals surface area contributed by atoms with E-state index in [9.17, 15) is 0 Å². The largest absolute Gasteiger partial charge is 0.289 e. The van der Waals surface area contributed by atoms with E-state index in [1.807, 2.05) is 0 Å². The molecule has 0 spiro atoms. The van der Waals surface area contributed by atoms with Crippen LogP contribution in [0.1, 0.15) is 61.8 Å². The van der Waals surface area contributed by atoms with Gasteiger partial charge in [-0.2, -0.15) is 0 Å². The fourth-order valence-electron chi connectivity index (χ4n) is 3.17. The van der Waals surface area contributed by atoms with Crippen molar-refractivity contribution in [1.82, 2.24) is 0 Å². The summed E-state index contributed by atoms with van der Waals surface area (Å²) in [5.74, 6) is 0.454. The number of hydrogen-bond donors (Lipinski definition) is 0. The topological polar surface area (TPSA) is 12.4 Å². The lowest BCUT2D eigenvalue weighted by Crippen LogP contribution is -2.41. The molecule has 0 saturated carbocycles. The van der Waals surface area contributed by atoms with Gasteiger partial charge in [0.1, 0.15) is 0 Å². The van der Waals surface area contributed by atoms with Gasteiger partial charge < -0.3 is 0 Å². The highest BCUT2D eigenvalue weighted by molar-refractivity contribution is 5.92. The third-order valence-corrected chi connectivity index (χ3v) is 5.39. The van der Waals surface area contributed by atoms with Crippen molar-refractivity contribution < 1.29 is 0 Å². The first-order valence-corrected chi connectivity index (χ1v) is 7.47. The van der Waals surface area contributed by atoms with E-state index < -0.39 is 0 Å². The molecular formula is C18H31N. The van der Waals surface area contributed by atoms with Gasteiger partial charge in [0, 0.05) is 11.1 Å². The van der Waals surface area contributed by atoms with Crippen LogP contribution in [-0.2, 0) is 0 Å². The minimum atomic E-state index is 0.186. The van der Waals surface area contributed by atoms with E-state index in [0.29, 0.717) is 12.0 Å². The van der Waals surface area contributed by atoms with Crippen molar-refractivity contribution in [2.24, 2.45) is 21.7 Å². The quantitative estimate of drug-likeness (QED) is 0.598. The Morgan fingerprint density at radius 3 is 2.21 bits per heavy atom. The molecule has 19 heavy (non-hydrogen) atoms. The van der Waals surface area contributed by atoms with Crippen LogP contribution in [0.5, 0.6) is 0 Å². The molecular weight excluding hydrogens is 230 g/mol. The van der Waals surface area contributed by atoms with Crippen LogP contribution < -0.4 is 0 Å². The molecule has 0 saturated heterocycles. The lowest BCUT2D eigenvalue weighted by atomic mass is 9.62. The van der Waals surface area contributed by atoms with Crippen LogP contribution in [0.3, 0.4) is 0 Å². The Bertz CT molecular complexity index is 421. The van der Waals surface area contributed by atoms with Gasteiger partial charge in [-0.05, 0) is 31.6 Å². The first kappa shape index (κ1) is 16.2. The molecule has 0 amide bonds. The highest BCUT2D eigenvalue weighted by Gasteiger charge is 2.51. The molecule has 1 heteroatoms. The predicted molar refractivity (Wildman–Crippen MR) is 86.8 cm³/mol. The van der Waals surface area contributed by atoms with Gasteiger partial charge in [0.05, 0.1) is 6.04 Å². The predicted octanol–water partition coefficient (Wildman–Crippen LogP) is 5.43. The number of hydrogen-bond acceptors (Lipinski definition) is 1. The Balaban J connectivity index is 3.11. The van der Waals surface area contributed by atoms with Crippen molar-refractivity contribution in [3.05, 3.63) is 23.8 Å². The molecule has 0 aromatic heterocycles. The van der Waals surface area contributed by atoms with Gasteiger partial charge in [0.15, 0.2) is 0 Å². The van der Waals surface area contributed by atoms with E-state index in [2.05, 4.69) is 68.0 Å². The van der Waals surface area contributed by atoms with Crippen LogP contribution in [-0.4, -0.2) is 11.8 Å². The molecule has 0 fully saturated rings. The van der Waals surface area contributed by atoms with E-state index in [4.69, 9.17) is 4.99 Å². The lowest BCUT2D eigenvalue weighted by molar-refractivity contribution is 0.149. The molecule has 1 rings (SSSR count). The maximum atomic E-state index is 5.07. The zero-order valence-corrected chi connectivity index (χ0v) is 14.1. The standard InChI is InChI=1S/C18H31N/c1-10-15-17(6,7)18(8,9)16(19-15)14(5)11-13(4)12(2)3/h11,14,16H,2,10H2,1,3-9H3/b13-11+. The molecule has 0 radical (unpaired) electrons. The molecule has 0 aliphatic carbocycles. The van der Waals surface area contributed by atoms with Crippen molar-refractivity contribution in [2.45, 2.75) is 67.9 Å². The minimum absolute atomic E-state index is 0.186. The van der Waals surface area contributed by atoms with E-state index in [0.717, 1.165) is 12.0 Å². The maximum Gasteiger partial charge on any atom is 0.0618 e. The summed E-state index contributed by atoms with van der Waals surface area (Å²) in [5.41, 5.74) is 4.20. The van der Waals surface area contributed by atoms with Crippen molar-refractivity contribution in [1.29, 1.82) is 0 Å². The molecule has 1 aliphatic heterocycles. The Hall–Kier alpha value is -0.850. The van der Waals surface area contributed by atoms with Crippen molar-refractivity contribution in [2.75, 3.05) is 0 Å². The van der Waals surface area contributed by atoms with Gasteiger partial charge in [0.25, 0.3) is 0 Å². The summed E-state index contributed by atoms with van der Waals surface area (Å²) in [5, 5.41) is 0. The maximum absolute atomic E-state index is 5.07. The van der Waals surface area contributed by atoms with Gasteiger partial charge in [-0.1, -0.05) is 65.3 Å². The fourth-order valence-corrected chi connectivity index (χ4v) is 3.17. The fraction of sp³-hybridized carbons (Fsp3) is 0.722. The summed E-state index contributed by atoms with van der Waals surface area (Å²) in [6.45, 7) is 22.2. The molecule has 2 unspecified atom stereocenters. The molecule has 1 heterocycles. The van der Waals surface area contributed by atoms with Crippen molar-refractivity contribution >= 4 is 5.71 Å². The first-order chi connectivity index (χ1) is 8.55. The Kier molecular flexibility index (Phi) is 4.49. The molecule has 0 N–H and O–H groups in total. The summed E-state index contributed by atoms with van der Waals surface area (Å²) < 4.78 is 0.